The van der Waals surface area contributed by atoms with Crippen molar-refractivity contribution in [1.82, 2.24) is 14.8 Å². The fourth-order valence-corrected chi connectivity index (χ4v) is 2.87. The minimum Gasteiger partial charge on any atom is -0.481 e. The molecule has 2 aromatic rings. The summed E-state index contributed by atoms with van der Waals surface area (Å²) in [5.74, 6) is -0.799. The van der Waals surface area contributed by atoms with E-state index in [0.29, 0.717) is 10.2 Å². The standard InChI is InChI=1S/C12H13ClN4O2S/c1-7(8-4-2-3-5-9(8)13)17-11(14)15-16-12(17)20-6-10(18)19/h2-5,7H,6H2,1H3,(H2,14,15)(H,18,19). The lowest BCUT2D eigenvalue weighted by atomic mass is 10.1. The third-order valence-corrected chi connectivity index (χ3v) is 4.03. The van der Waals surface area contributed by atoms with Gasteiger partial charge in [-0.2, -0.15) is 0 Å². The van der Waals surface area contributed by atoms with Crippen molar-refractivity contribution in [3.8, 4) is 0 Å². The van der Waals surface area contributed by atoms with Crippen LogP contribution >= 0.6 is 23.4 Å². The van der Waals surface area contributed by atoms with Crippen molar-refractivity contribution in [2.75, 3.05) is 11.5 Å². The number of hydrogen-bond donors (Lipinski definition) is 2. The number of aliphatic carboxylic acids is 1. The molecule has 20 heavy (non-hydrogen) atoms. The zero-order chi connectivity index (χ0) is 14.7. The summed E-state index contributed by atoms with van der Waals surface area (Å²) >= 11 is 7.24. The Balaban J connectivity index is 2.34. The summed E-state index contributed by atoms with van der Waals surface area (Å²) in [6, 6.07) is 7.21. The Kier molecular flexibility index (Phi) is 4.51. The van der Waals surface area contributed by atoms with Crippen molar-refractivity contribution in [2.45, 2.75) is 18.1 Å². The zero-order valence-corrected chi connectivity index (χ0v) is 12.2. The van der Waals surface area contributed by atoms with Crippen LogP contribution in [0.3, 0.4) is 0 Å². The molecule has 0 saturated heterocycles. The normalized spacial score (nSPS) is 12.3. The summed E-state index contributed by atoms with van der Waals surface area (Å²) in [5.41, 5.74) is 6.69. The number of aromatic nitrogens is 3. The topological polar surface area (TPSA) is 94.0 Å². The lowest BCUT2D eigenvalue weighted by Crippen LogP contribution is -2.12. The molecule has 0 bridgehead atoms. The number of rotatable bonds is 5. The fraction of sp³-hybridized carbons (Fsp3) is 0.250. The largest absolute Gasteiger partial charge is 0.481 e. The summed E-state index contributed by atoms with van der Waals surface area (Å²) in [6.45, 7) is 1.91. The first kappa shape index (κ1) is 14.7. The smallest absolute Gasteiger partial charge is 0.313 e. The van der Waals surface area contributed by atoms with Crippen LogP contribution in [-0.2, 0) is 4.79 Å². The number of carbonyl (C=O) groups is 1. The highest BCUT2D eigenvalue weighted by Gasteiger charge is 2.19. The van der Waals surface area contributed by atoms with Gasteiger partial charge in [0.2, 0.25) is 5.95 Å². The summed E-state index contributed by atoms with van der Waals surface area (Å²) in [7, 11) is 0. The number of carboxylic acids is 1. The second-order valence-electron chi connectivity index (χ2n) is 4.09. The van der Waals surface area contributed by atoms with E-state index < -0.39 is 5.97 Å². The number of carboxylic acid groups (broad SMARTS) is 1. The van der Waals surface area contributed by atoms with Crippen molar-refractivity contribution in [3.05, 3.63) is 34.9 Å². The van der Waals surface area contributed by atoms with Gasteiger partial charge in [-0.25, -0.2) is 0 Å². The molecule has 0 amide bonds. The number of hydrogen-bond acceptors (Lipinski definition) is 5. The Hall–Kier alpha value is -1.73. The van der Waals surface area contributed by atoms with E-state index in [1.54, 1.807) is 10.6 Å². The third kappa shape index (κ3) is 3.05. The van der Waals surface area contributed by atoms with Crippen LogP contribution in [0.1, 0.15) is 18.5 Å². The third-order valence-electron chi connectivity index (χ3n) is 2.76. The molecule has 0 saturated carbocycles. The maximum Gasteiger partial charge on any atom is 0.313 e. The van der Waals surface area contributed by atoms with Crippen molar-refractivity contribution in [3.63, 3.8) is 0 Å². The number of nitrogen functional groups attached to an aromatic ring is 1. The number of anilines is 1. The van der Waals surface area contributed by atoms with Gasteiger partial charge in [0.05, 0.1) is 11.8 Å². The molecule has 1 unspecified atom stereocenters. The fourth-order valence-electron chi connectivity index (χ4n) is 1.83. The monoisotopic (exact) mass is 312 g/mol. The van der Waals surface area contributed by atoms with Crippen LogP contribution in [0.5, 0.6) is 0 Å². The number of nitrogens with two attached hydrogens (primary N) is 1. The minimum absolute atomic E-state index is 0.104. The lowest BCUT2D eigenvalue weighted by molar-refractivity contribution is -0.133. The molecule has 0 aliphatic heterocycles. The predicted octanol–water partition coefficient (Wildman–Crippen LogP) is 2.30. The van der Waals surface area contributed by atoms with Crippen LogP contribution in [0.2, 0.25) is 5.02 Å². The Morgan fingerprint density at radius 1 is 1.50 bits per heavy atom. The van der Waals surface area contributed by atoms with E-state index in [1.165, 1.54) is 0 Å². The van der Waals surface area contributed by atoms with Gasteiger partial charge in [0, 0.05) is 5.02 Å². The SMILES string of the molecule is CC(c1ccccc1Cl)n1c(N)nnc1SCC(=O)O. The molecule has 2 rings (SSSR count). The van der Waals surface area contributed by atoms with Gasteiger partial charge in [-0.05, 0) is 18.6 Å². The first-order valence-corrected chi connectivity index (χ1v) is 7.16. The maximum atomic E-state index is 10.7. The Labute approximate surface area is 124 Å². The van der Waals surface area contributed by atoms with Gasteiger partial charge in [0.25, 0.3) is 0 Å². The molecule has 0 aliphatic carbocycles. The molecule has 1 heterocycles. The van der Waals surface area contributed by atoms with Gasteiger partial charge >= 0.3 is 5.97 Å². The second-order valence-corrected chi connectivity index (χ2v) is 5.44. The van der Waals surface area contributed by atoms with E-state index in [9.17, 15) is 4.79 Å². The van der Waals surface area contributed by atoms with E-state index in [2.05, 4.69) is 10.2 Å². The number of halogens is 1. The number of benzene rings is 1. The summed E-state index contributed by atoms with van der Waals surface area (Å²) < 4.78 is 1.68. The van der Waals surface area contributed by atoms with Crippen LogP contribution in [-0.4, -0.2) is 31.6 Å². The molecular weight excluding hydrogens is 300 g/mol. The van der Waals surface area contributed by atoms with Crippen molar-refractivity contribution >= 4 is 35.3 Å². The van der Waals surface area contributed by atoms with Crippen LogP contribution in [0.4, 0.5) is 5.95 Å². The molecular formula is C12H13ClN4O2S. The molecule has 106 valence electrons. The average Bonchev–Trinajstić information content (AvgIpc) is 2.77. The summed E-state index contributed by atoms with van der Waals surface area (Å²) in [6.07, 6.45) is 0. The van der Waals surface area contributed by atoms with E-state index in [1.807, 2.05) is 25.1 Å². The highest BCUT2D eigenvalue weighted by atomic mass is 35.5. The van der Waals surface area contributed by atoms with Gasteiger partial charge in [-0.1, -0.05) is 41.6 Å². The van der Waals surface area contributed by atoms with Crippen LogP contribution in [0, 0.1) is 0 Å². The van der Waals surface area contributed by atoms with E-state index >= 15 is 0 Å². The number of thioether (sulfide) groups is 1. The van der Waals surface area contributed by atoms with Gasteiger partial charge in [0.1, 0.15) is 0 Å². The van der Waals surface area contributed by atoms with Gasteiger partial charge in [0.15, 0.2) is 5.16 Å². The Morgan fingerprint density at radius 3 is 2.85 bits per heavy atom. The van der Waals surface area contributed by atoms with Crippen molar-refractivity contribution in [2.24, 2.45) is 0 Å². The number of nitrogens with zero attached hydrogens (tertiary/aromatic N) is 3. The predicted molar refractivity (Wildman–Crippen MR) is 78.1 cm³/mol. The van der Waals surface area contributed by atoms with Crippen LogP contribution < -0.4 is 5.73 Å². The molecule has 6 nitrogen and oxygen atoms in total. The van der Waals surface area contributed by atoms with Crippen molar-refractivity contribution < 1.29 is 9.90 Å². The highest BCUT2D eigenvalue weighted by molar-refractivity contribution is 7.99. The quantitative estimate of drug-likeness (QED) is 0.823. The molecule has 8 heteroatoms. The lowest BCUT2D eigenvalue weighted by Gasteiger charge is -2.17. The molecule has 0 spiro atoms. The molecule has 0 radical (unpaired) electrons. The summed E-state index contributed by atoms with van der Waals surface area (Å²) in [5, 5.41) is 17.5. The average molecular weight is 313 g/mol. The molecule has 0 aliphatic rings. The Morgan fingerprint density at radius 2 is 2.20 bits per heavy atom. The van der Waals surface area contributed by atoms with Crippen LogP contribution in [0.15, 0.2) is 29.4 Å². The molecule has 3 N–H and O–H groups in total. The molecule has 1 aromatic heterocycles. The van der Waals surface area contributed by atoms with Gasteiger partial charge in [-0.15, -0.1) is 10.2 Å². The molecule has 0 fully saturated rings. The van der Waals surface area contributed by atoms with Crippen molar-refractivity contribution in [1.29, 1.82) is 0 Å². The first-order valence-electron chi connectivity index (χ1n) is 5.80. The second kappa shape index (κ2) is 6.15. The zero-order valence-electron chi connectivity index (χ0n) is 10.7. The molecule has 1 aromatic carbocycles. The van der Waals surface area contributed by atoms with E-state index in [-0.39, 0.29) is 17.7 Å². The minimum atomic E-state index is -0.923. The molecule has 1 atom stereocenters. The van der Waals surface area contributed by atoms with Gasteiger partial charge < -0.3 is 10.8 Å². The Bertz CT molecular complexity index is 632. The maximum absolute atomic E-state index is 10.7. The first-order chi connectivity index (χ1) is 9.50. The van der Waals surface area contributed by atoms with E-state index in [0.717, 1.165) is 17.3 Å². The van der Waals surface area contributed by atoms with Crippen LogP contribution in [0.25, 0.3) is 0 Å². The van der Waals surface area contributed by atoms with Gasteiger partial charge in [-0.3, -0.25) is 9.36 Å². The highest BCUT2D eigenvalue weighted by Crippen LogP contribution is 2.30. The summed E-state index contributed by atoms with van der Waals surface area (Å²) in [4.78, 5) is 10.7. The van der Waals surface area contributed by atoms with E-state index in [4.69, 9.17) is 22.4 Å².